The molecule has 0 unspecified atom stereocenters. The highest BCUT2D eigenvalue weighted by Gasteiger charge is 1.95. The van der Waals surface area contributed by atoms with E-state index in [0.717, 1.165) is 12.4 Å². The third kappa shape index (κ3) is 3.45. The van der Waals surface area contributed by atoms with Crippen molar-refractivity contribution in [2.45, 2.75) is 33.1 Å². The van der Waals surface area contributed by atoms with Gasteiger partial charge in [0.15, 0.2) is 0 Å². The van der Waals surface area contributed by atoms with E-state index in [2.05, 4.69) is 30.2 Å². The van der Waals surface area contributed by atoms with Crippen molar-refractivity contribution in [3.8, 4) is 0 Å². The van der Waals surface area contributed by atoms with Crippen LogP contribution in [0.1, 0.15) is 31.7 Å². The number of nitrogens with one attached hydrogen (secondary N) is 1. The average Bonchev–Trinajstić information content (AvgIpc) is 2.15. The fourth-order valence-electron chi connectivity index (χ4n) is 1.25. The molecule has 0 amide bonds. The Labute approximate surface area is 80.4 Å². The lowest BCUT2D eigenvalue weighted by molar-refractivity contribution is 0.742. The molecule has 0 spiro atoms. The molecule has 0 saturated heterocycles. The second kappa shape index (κ2) is 5.57. The Kier molecular flexibility index (Phi) is 4.30. The highest BCUT2D eigenvalue weighted by molar-refractivity contribution is 5.42. The Bertz CT molecular complexity index is 246. The van der Waals surface area contributed by atoms with Crippen LogP contribution in [0.4, 0.5) is 5.82 Å². The molecule has 0 saturated carbocycles. The third-order valence-electron chi connectivity index (χ3n) is 2.08. The molecule has 0 fully saturated rings. The van der Waals surface area contributed by atoms with Crippen LogP contribution in [0.2, 0.25) is 0 Å². The first kappa shape index (κ1) is 10.0. The number of nitrogens with zero attached hydrogens (tertiary/aromatic N) is 1. The molecule has 0 aliphatic heterocycles. The summed E-state index contributed by atoms with van der Waals surface area (Å²) in [5.74, 6) is 1.03. The lowest BCUT2D eigenvalue weighted by Gasteiger charge is -2.06. The third-order valence-corrected chi connectivity index (χ3v) is 2.08. The van der Waals surface area contributed by atoms with Gasteiger partial charge in [-0.1, -0.05) is 25.8 Å². The van der Waals surface area contributed by atoms with Gasteiger partial charge in [-0.25, -0.2) is 4.98 Å². The maximum absolute atomic E-state index is 4.26. The Morgan fingerprint density at radius 2 is 2.23 bits per heavy atom. The van der Waals surface area contributed by atoms with E-state index in [9.17, 15) is 0 Å². The zero-order valence-electron chi connectivity index (χ0n) is 8.51. The monoisotopic (exact) mass is 178 g/mol. The van der Waals surface area contributed by atoms with Gasteiger partial charge in [0.25, 0.3) is 0 Å². The second-order valence-electron chi connectivity index (χ2n) is 3.30. The maximum Gasteiger partial charge on any atom is 0.128 e. The van der Waals surface area contributed by atoms with Crippen molar-refractivity contribution in [1.29, 1.82) is 0 Å². The van der Waals surface area contributed by atoms with E-state index in [1.165, 1.54) is 24.8 Å². The van der Waals surface area contributed by atoms with Crippen LogP contribution in [0.15, 0.2) is 18.3 Å². The molecular formula is C11H18N2. The van der Waals surface area contributed by atoms with Gasteiger partial charge in [-0.15, -0.1) is 0 Å². The number of hydrogen-bond donors (Lipinski definition) is 1. The van der Waals surface area contributed by atoms with Crippen molar-refractivity contribution in [3.63, 3.8) is 0 Å². The highest BCUT2D eigenvalue weighted by atomic mass is 15.0. The average molecular weight is 178 g/mol. The molecule has 0 aliphatic carbocycles. The number of aryl methyl sites for hydroxylation is 1. The van der Waals surface area contributed by atoms with Crippen LogP contribution in [0.5, 0.6) is 0 Å². The normalized spacial score (nSPS) is 10.0. The van der Waals surface area contributed by atoms with E-state index >= 15 is 0 Å². The van der Waals surface area contributed by atoms with Gasteiger partial charge in [0.1, 0.15) is 5.82 Å². The molecule has 0 bridgehead atoms. The van der Waals surface area contributed by atoms with Crippen LogP contribution in [-0.4, -0.2) is 11.5 Å². The summed E-state index contributed by atoms with van der Waals surface area (Å²) >= 11 is 0. The van der Waals surface area contributed by atoms with Crippen LogP contribution in [0.25, 0.3) is 0 Å². The van der Waals surface area contributed by atoms with Gasteiger partial charge in [-0.05, 0) is 25.0 Å². The summed E-state index contributed by atoms with van der Waals surface area (Å²) in [6, 6.07) is 4.04. The Morgan fingerprint density at radius 1 is 1.38 bits per heavy atom. The fourth-order valence-corrected chi connectivity index (χ4v) is 1.25. The van der Waals surface area contributed by atoms with Crippen molar-refractivity contribution in [2.24, 2.45) is 0 Å². The summed E-state index contributed by atoms with van der Waals surface area (Å²) in [6.07, 6.45) is 5.61. The minimum absolute atomic E-state index is 1.03. The summed E-state index contributed by atoms with van der Waals surface area (Å²) in [6.45, 7) is 5.33. The van der Waals surface area contributed by atoms with E-state index in [-0.39, 0.29) is 0 Å². The van der Waals surface area contributed by atoms with Crippen LogP contribution in [-0.2, 0) is 0 Å². The van der Waals surface area contributed by atoms with E-state index in [0.29, 0.717) is 0 Å². The zero-order chi connectivity index (χ0) is 9.52. The predicted octanol–water partition coefficient (Wildman–Crippen LogP) is 2.99. The quantitative estimate of drug-likeness (QED) is 0.701. The van der Waals surface area contributed by atoms with Gasteiger partial charge in [-0.2, -0.15) is 0 Å². The lowest BCUT2D eigenvalue weighted by Crippen LogP contribution is -2.04. The SMILES string of the molecule is CCCCCNc1ncccc1C. The summed E-state index contributed by atoms with van der Waals surface area (Å²) in [4.78, 5) is 4.26. The molecule has 0 aliphatic rings. The van der Waals surface area contributed by atoms with Gasteiger partial charge in [0.05, 0.1) is 0 Å². The van der Waals surface area contributed by atoms with Crippen LogP contribution < -0.4 is 5.32 Å². The van der Waals surface area contributed by atoms with Crippen LogP contribution in [0.3, 0.4) is 0 Å². The molecule has 1 aromatic heterocycles. The predicted molar refractivity (Wildman–Crippen MR) is 57.0 cm³/mol. The number of aromatic nitrogens is 1. The fraction of sp³-hybridized carbons (Fsp3) is 0.545. The molecule has 0 aromatic carbocycles. The van der Waals surface area contributed by atoms with Crippen molar-refractivity contribution in [2.75, 3.05) is 11.9 Å². The largest absolute Gasteiger partial charge is 0.370 e. The topological polar surface area (TPSA) is 24.9 Å². The molecule has 0 atom stereocenters. The van der Waals surface area contributed by atoms with Gasteiger partial charge in [0.2, 0.25) is 0 Å². The van der Waals surface area contributed by atoms with Crippen molar-refractivity contribution >= 4 is 5.82 Å². The summed E-state index contributed by atoms with van der Waals surface area (Å²) in [5, 5.41) is 3.34. The van der Waals surface area contributed by atoms with E-state index < -0.39 is 0 Å². The first-order chi connectivity index (χ1) is 6.34. The Balaban J connectivity index is 2.32. The van der Waals surface area contributed by atoms with Crippen molar-refractivity contribution < 1.29 is 0 Å². The van der Waals surface area contributed by atoms with Crippen molar-refractivity contribution in [1.82, 2.24) is 4.98 Å². The first-order valence-electron chi connectivity index (χ1n) is 5.00. The van der Waals surface area contributed by atoms with Gasteiger partial charge in [-0.3, -0.25) is 0 Å². The highest BCUT2D eigenvalue weighted by Crippen LogP contribution is 2.09. The summed E-state index contributed by atoms with van der Waals surface area (Å²) in [7, 11) is 0. The molecular weight excluding hydrogens is 160 g/mol. The van der Waals surface area contributed by atoms with E-state index in [1.54, 1.807) is 0 Å². The Hall–Kier alpha value is -1.05. The minimum Gasteiger partial charge on any atom is -0.370 e. The molecule has 72 valence electrons. The summed E-state index contributed by atoms with van der Waals surface area (Å²) in [5.41, 5.74) is 1.22. The molecule has 1 heterocycles. The standard InChI is InChI=1S/C11H18N2/c1-3-4-5-8-12-11-10(2)7-6-9-13-11/h6-7,9H,3-5,8H2,1-2H3,(H,12,13). The smallest absolute Gasteiger partial charge is 0.128 e. The minimum atomic E-state index is 1.03. The van der Waals surface area contributed by atoms with Gasteiger partial charge in [0, 0.05) is 12.7 Å². The second-order valence-corrected chi connectivity index (χ2v) is 3.30. The van der Waals surface area contributed by atoms with Gasteiger partial charge >= 0.3 is 0 Å². The number of rotatable bonds is 5. The molecule has 1 rings (SSSR count). The summed E-state index contributed by atoms with van der Waals surface area (Å²) < 4.78 is 0. The zero-order valence-corrected chi connectivity index (χ0v) is 8.51. The number of hydrogen-bond acceptors (Lipinski definition) is 2. The van der Waals surface area contributed by atoms with E-state index in [4.69, 9.17) is 0 Å². The van der Waals surface area contributed by atoms with Crippen LogP contribution in [0, 0.1) is 6.92 Å². The number of unbranched alkanes of at least 4 members (excludes halogenated alkanes) is 2. The maximum atomic E-state index is 4.26. The molecule has 13 heavy (non-hydrogen) atoms. The van der Waals surface area contributed by atoms with Crippen molar-refractivity contribution in [3.05, 3.63) is 23.9 Å². The van der Waals surface area contributed by atoms with E-state index in [1.807, 2.05) is 12.3 Å². The molecule has 0 radical (unpaired) electrons. The number of anilines is 1. The molecule has 2 heteroatoms. The number of pyridine rings is 1. The molecule has 1 N–H and O–H groups in total. The Morgan fingerprint density at radius 3 is 2.92 bits per heavy atom. The molecule has 2 nitrogen and oxygen atoms in total. The lowest BCUT2D eigenvalue weighted by atomic mass is 10.2. The van der Waals surface area contributed by atoms with Gasteiger partial charge < -0.3 is 5.32 Å². The first-order valence-corrected chi connectivity index (χ1v) is 5.00. The molecule has 1 aromatic rings. The van der Waals surface area contributed by atoms with Crippen LogP contribution >= 0.6 is 0 Å².